The zero-order valence-corrected chi connectivity index (χ0v) is 19.8. The smallest absolute Gasteiger partial charge is 0.221 e. The van der Waals surface area contributed by atoms with Crippen LogP contribution in [0.3, 0.4) is 0 Å². The van der Waals surface area contributed by atoms with E-state index in [1.54, 1.807) is 35.6 Å². The molecule has 0 unspecified atom stereocenters. The number of thiazole rings is 1. The van der Waals surface area contributed by atoms with E-state index < -0.39 is 9.84 Å². The van der Waals surface area contributed by atoms with Gasteiger partial charge in [-0.25, -0.2) is 13.4 Å². The minimum absolute atomic E-state index is 0.0262. The fraction of sp³-hybridized carbons (Fsp3) is 0.391. The molecule has 0 radical (unpaired) electrons. The van der Waals surface area contributed by atoms with Gasteiger partial charge in [-0.15, -0.1) is 0 Å². The number of sulfone groups is 1. The summed E-state index contributed by atoms with van der Waals surface area (Å²) in [5.41, 5.74) is 2.05. The first-order valence-corrected chi connectivity index (χ1v) is 13.3. The van der Waals surface area contributed by atoms with Crippen LogP contribution in [0.25, 0.3) is 10.2 Å². The molecule has 0 spiro atoms. The highest BCUT2D eigenvalue weighted by molar-refractivity contribution is 7.91. The maximum atomic E-state index is 12.4. The van der Waals surface area contributed by atoms with E-state index in [1.165, 1.54) is 4.70 Å². The second kappa shape index (κ2) is 9.97. The summed E-state index contributed by atoms with van der Waals surface area (Å²) in [4.78, 5) is 21.8. The number of anilines is 1. The van der Waals surface area contributed by atoms with Crippen molar-refractivity contribution in [1.29, 1.82) is 0 Å². The number of aromatic nitrogens is 1. The standard InChI is InChI=1S/C23H28N4O3S2/c1-18-6-8-19(9-7-18)32(29,30)17-10-22(28)24-11-12-26-13-15-27(16-14-26)23-25-20-4-2-3-5-21(20)31-23/h2-9H,10-17H2,1H3,(H,24,28). The maximum absolute atomic E-state index is 12.4. The van der Waals surface area contributed by atoms with Gasteiger partial charge in [0, 0.05) is 45.7 Å². The number of piperazine rings is 1. The molecule has 1 aliphatic rings. The number of rotatable bonds is 8. The summed E-state index contributed by atoms with van der Waals surface area (Å²) in [6, 6.07) is 14.9. The number of nitrogens with one attached hydrogen (secondary N) is 1. The molecule has 2 aromatic carbocycles. The van der Waals surface area contributed by atoms with E-state index in [1.807, 2.05) is 25.1 Å². The third kappa shape index (κ3) is 5.65. The Morgan fingerprint density at radius 3 is 2.50 bits per heavy atom. The number of para-hydroxylation sites is 1. The number of fused-ring (bicyclic) bond motifs is 1. The summed E-state index contributed by atoms with van der Waals surface area (Å²) in [5.74, 6) is -0.406. The third-order valence-electron chi connectivity index (χ3n) is 5.65. The predicted octanol–water partition coefficient (Wildman–Crippen LogP) is 2.71. The van der Waals surface area contributed by atoms with Crippen LogP contribution in [0.1, 0.15) is 12.0 Å². The van der Waals surface area contributed by atoms with Gasteiger partial charge in [0.1, 0.15) is 0 Å². The lowest BCUT2D eigenvalue weighted by Crippen LogP contribution is -2.48. The van der Waals surface area contributed by atoms with E-state index in [0.29, 0.717) is 6.54 Å². The predicted molar refractivity (Wildman–Crippen MR) is 129 cm³/mol. The molecule has 3 aromatic rings. The number of benzene rings is 2. The van der Waals surface area contributed by atoms with Crippen molar-refractivity contribution in [2.24, 2.45) is 0 Å². The van der Waals surface area contributed by atoms with Crippen LogP contribution in [0, 0.1) is 6.92 Å². The second-order valence-corrected chi connectivity index (χ2v) is 11.1. The van der Waals surface area contributed by atoms with Crippen LogP contribution in [0.15, 0.2) is 53.4 Å². The van der Waals surface area contributed by atoms with Gasteiger partial charge in [-0.3, -0.25) is 9.69 Å². The first-order chi connectivity index (χ1) is 15.4. The number of aryl methyl sites for hydroxylation is 1. The van der Waals surface area contributed by atoms with Gasteiger partial charge in [-0.1, -0.05) is 41.2 Å². The molecule has 0 atom stereocenters. The molecule has 1 aromatic heterocycles. The molecule has 1 saturated heterocycles. The average molecular weight is 473 g/mol. The lowest BCUT2D eigenvalue weighted by Gasteiger charge is -2.34. The highest BCUT2D eigenvalue weighted by atomic mass is 32.2. The zero-order chi connectivity index (χ0) is 22.6. The Hall–Kier alpha value is -2.49. The number of carbonyl (C=O) groups is 1. The van der Waals surface area contributed by atoms with E-state index in [2.05, 4.69) is 21.2 Å². The van der Waals surface area contributed by atoms with Crippen LogP contribution in [-0.2, 0) is 14.6 Å². The van der Waals surface area contributed by atoms with E-state index >= 15 is 0 Å². The quantitative estimate of drug-likeness (QED) is 0.543. The topological polar surface area (TPSA) is 82.6 Å². The molecule has 1 fully saturated rings. The molecule has 0 saturated carbocycles. The molecule has 170 valence electrons. The molecule has 4 rings (SSSR count). The molecular formula is C23H28N4O3S2. The monoisotopic (exact) mass is 472 g/mol. The first kappa shape index (κ1) is 22.7. The van der Waals surface area contributed by atoms with Crippen molar-refractivity contribution in [2.45, 2.75) is 18.2 Å². The fourth-order valence-corrected chi connectivity index (χ4v) is 5.95. The molecule has 1 amide bonds. The minimum Gasteiger partial charge on any atom is -0.355 e. The van der Waals surface area contributed by atoms with Gasteiger partial charge >= 0.3 is 0 Å². The number of nitrogens with zero attached hydrogens (tertiary/aromatic N) is 3. The lowest BCUT2D eigenvalue weighted by atomic mass is 10.2. The molecular weight excluding hydrogens is 444 g/mol. The molecule has 9 heteroatoms. The van der Waals surface area contributed by atoms with E-state index in [-0.39, 0.29) is 23.0 Å². The number of hydrogen-bond acceptors (Lipinski definition) is 7. The van der Waals surface area contributed by atoms with E-state index in [9.17, 15) is 13.2 Å². The molecule has 0 bridgehead atoms. The zero-order valence-electron chi connectivity index (χ0n) is 18.2. The number of carbonyl (C=O) groups excluding carboxylic acids is 1. The summed E-state index contributed by atoms with van der Waals surface area (Å²) in [5, 5.41) is 3.92. The third-order valence-corrected chi connectivity index (χ3v) is 8.48. The Bertz CT molecular complexity index is 1130. The van der Waals surface area contributed by atoms with E-state index in [0.717, 1.165) is 48.9 Å². The Balaban J connectivity index is 1.17. The van der Waals surface area contributed by atoms with Crippen molar-refractivity contribution in [3.8, 4) is 0 Å². The maximum Gasteiger partial charge on any atom is 0.221 e. The van der Waals surface area contributed by atoms with Gasteiger partial charge in [-0.05, 0) is 31.2 Å². The summed E-state index contributed by atoms with van der Waals surface area (Å²) >= 11 is 1.72. The summed E-state index contributed by atoms with van der Waals surface area (Å²) in [7, 11) is -3.44. The fourth-order valence-electron chi connectivity index (χ4n) is 3.69. The van der Waals surface area contributed by atoms with Gasteiger partial charge in [0.15, 0.2) is 15.0 Å². The van der Waals surface area contributed by atoms with Crippen LogP contribution in [-0.4, -0.2) is 69.2 Å². The van der Waals surface area contributed by atoms with Crippen molar-refractivity contribution in [3.05, 3.63) is 54.1 Å². The highest BCUT2D eigenvalue weighted by Gasteiger charge is 2.20. The summed E-state index contributed by atoms with van der Waals surface area (Å²) in [6.45, 7) is 6.81. The van der Waals surface area contributed by atoms with Gasteiger partial charge < -0.3 is 10.2 Å². The molecule has 1 N–H and O–H groups in total. The van der Waals surface area contributed by atoms with Gasteiger partial charge in [0.25, 0.3) is 0 Å². The number of amides is 1. The Morgan fingerprint density at radius 2 is 1.78 bits per heavy atom. The lowest BCUT2D eigenvalue weighted by molar-refractivity contribution is -0.120. The van der Waals surface area contributed by atoms with Crippen LogP contribution in [0.5, 0.6) is 0 Å². The van der Waals surface area contributed by atoms with E-state index in [4.69, 9.17) is 4.98 Å². The van der Waals surface area contributed by atoms with Gasteiger partial charge in [-0.2, -0.15) is 0 Å². The largest absolute Gasteiger partial charge is 0.355 e. The summed E-state index contributed by atoms with van der Waals surface area (Å²) in [6.07, 6.45) is -0.0262. The Kier molecular flexibility index (Phi) is 7.07. The van der Waals surface area contributed by atoms with Crippen molar-refractivity contribution in [2.75, 3.05) is 49.9 Å². The van der Waals surface area contributed by atoms with Gasteiger partial charge in [0.05, 0.1) is 20.9 Å². The van der Waals surface area contributed by atoms with Crippen molar-refractivity contribution < 1.29 is 13.2 Å². The van der Waals surface area contributed by atoms with Crippen molar-refractivity contribution in [3.63, 3.8) is 0 Å². The highest BCUT2D eigenvalue weighted by Crippen LogP contribution is 2.29. The van der Waals surface area contributed by atoms with Crippen molar-refractivity contribution >= 4 is 42.4 Å². The molecule has 2 heterocycles. The van der Waals surface area contributed by atoms with Crippen LogP contribution < -0.4 is 10.2 Å². The molecule has 1 aliphatic heterocycles. The minimum atomic E-state index is -3.44. The Morgan fingerprint density at radius 1 is 1.06 bits per heavy atom. The summed E-state index contributed by atoms with van der Waals surface area (Å²) < 4.78 is 26.0. The molecule has 7 nitrogen and oxygen atoms in total. The second-order valence-electron chi connectivity index (χ2n) is 8.02. The van der Waals surface area contributed by atoms with Crippen LogP contribution >= 0.6 is 11.3 Å². The van der Waals surface area contributed by atoms with Crippen LogP contribution in [0.4, 0.5) is 5.13 Å². The molecule has 32 heavy (non-hydrogen) atoms. The SMILES string of the molecule is Cc1ccc(S(=O)(=O)CCC(=O)NCCN2CCN(c3nc4ccccc4s3)CC2)cc1. The van der Waals surface area contributed by atoms with Gasteiger partial charge in [0.2, 0.25) is 5.91 Å². The Labute approximate surface area is 193 Å². The average Bonchev–Trinajstić information content (AvgIpc) is 3.23. The van der Waals surface area contributed by atoms with Crippen molar-refractivity contribution in [1.82, 2.24) is 15.2 Å². The normalized spacial score (nSPS) is 15.2. The molecule has 0 aliphatic carbocycles. The van der Waals surface area contributed by atoms with Crippen LogP contribution in [0.2, 0.25) is 0 Å². The number of hydrogen-bond donors (Lipinski definition) is 1. The first-order valence-electron chi connectivity index (χ1n) is 10.8.